The largest absolute Gasteiger partial charge is 0.493 e. The monoisotopic (exact) mass is 254 g/mol. The predicted molar refractivity (Wildman–Crippen MR) is 70.4 cm³/mol. The molecule has 6 N–H and O–H groups in total. The number of ether oxygens (including phenoxy) is 1. The third-order valence-corrected chi connectivity index (χ3v) is 2.67. The molecule has 0 bridgehead atoms. The van der Waals surface area contributed by atoms with Crippen LogP contribution in [-0.4, -0.2) is 42.1 Å². The van der Waals surface area contributed by atoms with Gasteiger partial charge in [-0.15, -0.1) is 0 Å². The maximum absolute atomic E-state index is 8.96. The molecule has 18 heavy (non-hydrogen) atoms. The summed E-state index contributed by atoms with van der Waals surface area (Å²) < 4.78 is 5.63. The summed E-state index contributed by atoms with van der Waals surface area (Å²) >= 11 is 0. The van der Waals surface area contributed by atoms with Crippen molar-refractivity contribution in [1.82, 2.24) is 0 Å². The molecular formula is C13H22N2O3. The Labute approximate surface area is 107 Å². The first-order chi connectivity index (χ1) is 8.67. The summed E-state index contributed by atoms with van der Waals surface area (Å²) in [6, 6.07) is 7.05. The fourth-order valence-electron chi connectivity index (χ4n) is 1.57. The van der Waals surface area contributed by atoms with Crippen LogP contribution in [0.3, 0.4) is 0 Å². The summed E-state index contributed by atoms with van der Waals surface area (Å²) in [5, 5.41) is 17.8. The minimum Gasteiger partial charge on any atom is -0.493 e. The Bertz CT molecular complexity index is 347. The Morgan fingerprint density at radius 3 is 2.39 bits per heavy atom. The van der Waals surface area contributed by atoms with Crippen molar-refractivity contribution in [3.05, 3.63) is 29.8 Å². The second-order valence-corrected chi connectivity index (χ2v) is 4.33. The lowest BCUT2D eigenvalue weighted by molar-refractivity contribution is 0.228. The molecule has 5 heteroatoms. The molecular weight excluding hydrogens is 232 g/mol. The molecule has 0 aromatic heterocycles. The van der Waals surface area contributed by atoms with E-state index in [2.05, 4.69) is 0 Å². The SMILES string of the molecule is NC(CO)CCOc1ccccc1CC(N)CO. The van der Waals surface area contributed by atoms with Crippen LogP contribution in [0.4, 0.5) is 0 Å². The zero-order chi connectivity index (χ0) is 13.4. The molecule has 102 valence electrons. The van der Waals surface area contributed by atoms with E-state index in [1.54, 1.807) is 0 Å². The molecule has 1 aromatic carbocycles. The Kier molecular flexibility index (Phi) is 6.67. The average Bonchev–Trinajstić information content (AvgIpc) is 2.40. The van der Waals surface area contributed by atoms with E-state index in [-0.39, 0.29) is 25.3 Å². The molecule has 1 rings (SSSR count). The third-order valence-electron chi connectivity index (χ3n) is 2.67. The first-order valence-electron chi connectivity index (χ1n) is 6.11. The highest BCUT2D eigenvalue weighted by atomic mass is 16.5. The van der Waals surface area contributed by atoms with Crippen LogP contribution in [0.1, 0.15) is 12.0 Å². The molecule has 5 nitrogen and oxygen atoms in total. The maximum Gasteiger partial charge on any atom is 0.122 e. The third kappa shape index (κ3) is 5.01. The average molecular weight is 254 g/mol. The van der Waals surface area contributed by atoms with Gasteiger partial charge < -0.3 is 26.4 Å². The molecule has 2 atom stereocenters. The molecule has 1 aromatic rings. The standard InChI is InChI=1S/C13H22N2O3/c14-11(8-16)5-6-18-13-4-2-1-3-10(13)7-12(15)9-17/h1-4,11-12,16-17H,5-9,14-15H2. The van der Waals surface area contributed by atoms with Crippen molar-refractivity contribution in [3.8, 4) is 5.75 Å². The first-order valence-corrected chi connectivity index (χ1v) is 6.11. The molecule has 0 saturated heterocycles. The summed E-state index contributed by atoms with van der Waals surface area (Å²) in [7, 11) is 0. The van der Waals surface area contributed by atoms with Crippen molar-refractivity contribution in [2.75, 3.05) is 19.8 Å². The number of hydrogen-bond donors (Lipinski definition) is 4. The summed E-state index contributed by atoms with van der Waals surface area (Å²) in [5.41, 5.74) is 12.3. The van der Waals surface area contributed by atoms with Gasteiger partial charge in [0.25, 0.3) is 0 Å². The van der Waals surface area contributed by atoms with Gasteiger partial charge in [-0.3, -0.25) is 0 Å². The Hall–Kier alpha value is -1.14. The zero-order valence-corrected chi connectivity index (χ0v) is 10.5. The molecule has 2 unspecified atom stereocenters. The zero-order valence-electron chi connectivity index (χ0n) is 10.5. The Morgan fingerprint density at radius 2 is 1.72 bits per heavy atom. The second kappa shape index (κ2) is 8.05. The van der Waals surface area contributed by atoms with Gasteiger partial charge in [0.05, 0.1) is 19.8 Å². The summed E-state index contributed by atoms with van der Waals surface area (Å²) in [5.74, 6) is 0.756. The molecule has 0 aliphatic heterocycles. The van der Waals surface area contributed by atoms with Gasteiger partial charge in [-0.2, -0.15) is 0 Å². The molecule has 0 radical (unpaired) electrons. The van der Waals surface area contributed by atoms with E-state index >= 15 is 0 Å². The number of aliphatic hydroxyl groups is 2. The van der Waals surface area contributed by atoms with Gasteiger partial charge in [-0.25, -0.2) is 0 Å². The van der Waals surface area contributed by atoms with Crippen LogP contribution in [0.25, 0.3) is 0 Å². The second-order valence-electron chi connectivity index (χ2n) is 4.33. The van der Waals surface area contributed by atoms with Gasteiger partial charge in [0.2, 0.25) is 0 Å². The lowest BCUT2D eigenvalue weighted by Gasteiger charge is -2.15. The van der Waals surface area contributed by atoms with Crippen LogP contribution < -0.4 is 16.2 Å². The van der Waals surface area contributed by atoms with E-state index in [9.17, 15) is 0 Å². The molecule has 0 aliphatic carbocycles. The highest BCUT2D eigenvalue weighted by Crippen LogP contribution is 2.19. The van der Waals surface area contributed by atoms with Crippen LogP contribution >= 0.6 is 0 Å². The van der Waals surface area contributed by atoms with E-state index in [1.807, 2.05) is 24.3 Å². The van der Waals surface area contributed by atoms with Gasteiger partial charge in [-0.1, -0.05) is 18.2 Å². The van der Waals surface area contributed by atoms with Crippen molar-refractivity contribution in [1.29, 1.82) is 0 Å². The predicted octanol–water partition coefficient (Wildman–Crippen LogP) is -0.363. The Morgan fingerprint density at radius 1 is 1.06 bits per heavy atom. The van der Waals surface area contributed by atoms with Gasteiger partial charge in [-0.05, 0) is 24.5 Å². The van der Waals surface area contributed by atoms with Crippen LogP contribution in [-0.2, 0) is 6.42 Å². The molecule has 0 heterocycles. The lowest BCUT2D eigenvalue weighted by Crippen LogP contribution is -2.28. The fraction of sp³-hybridized carbons (Fsp3) is 0.538. The minimum atomic E-state index is -0.283. The molecule has 0 aliphatic rings. The fourth-order valence-corrected chi connectivity index (χ4v) is 1.57. The van der Waals surface area contributed by atoms with Crippen molar-refractivity contribution < 1.29 is 14.9 Å². The van der Waals surface area contributed by atoms with Gasteiger partial charge in [0.15, 0.2) is 0 Å². The van der Waals surface area contributed by atoms with Crippen molar-refractivity contribution >= 4 is 0 Å². The van der Waals surface area contributed by atoms with Crippen LogP contribution in [0.2, 0.25) is 0 Å². The number of aliphatic hydroxyl groups excluding tert-OH is 2. The lowest BCUT2D eigenvalue weighted by atomic mass is 10.1. The number of hydrogen-bond acceptors (Lipinski definition) is 5. The summed E-state index contributed by atoms with van der Waals surface area (Å²) in [4.78, 5) is 0. The number of benzene rings is 1. The number of rotatable bonds is 8. The number of para-hydroxylation sites is 1. The van der Waals surface area contributed by atoms with E-state index in [1.165, 1.54) is 0 Å². The molecule has 0 saturated carbocycles. The molecule has 0 amide bonds. The minimum absolute atomic E-state index is 0.0413. The van der Waals surface area contributed by atoms with Crippen LogP contribution in [0, 0.1) is 0 Å². The quantitative estimate of drug-likeness (QED) is 0.507. The highest BCUT2D eigenvalue weighted by molar-refractivity contribution is 5.33. The van der Waals surface area contributed by atoms with Gasteiger partial charge in [0.1, 0.15) is 5.75 Å². The first kappa shape index (κ1) is 14.9. The normalized spacial score (nSPS) is 14.2. The molecule has 0 spiro atoms. The van der Waals surface area contributed by atoms with Gasteiger partial charge >= 0.3 is 0 Å². The summed E-state index contributed by atoms with van der Waals surface area (Å²) in [6.07, 6.45) is 1.16. The number of nitrogens with two attached hydrogens (primary N) is 2. The van der Waals surface area contributed by atoms with Crippen LogP contribution in [0.5, 0.6) is 5.75 Å². The smallest absolute Gasteiger partial charge is 0.122 e. The maximum atomic E-state index is 8.96. The van der Waals surface area contributed by atoms with E-state index in [4.69, 9.17) is 26.4 Å². The van der Waals surface area contributed by atoms with Crippen molar-refractivity contribution in [2.24, 2.45) is 11.5 Å². The topological polar surface area (TPSA) is 102 Å². The van der Waals surface area contributed by atoms with E-state index in [0.717, 1.165) is 11.3 Å². The van der Waals surface area contributed by atoms with E-state index in [0.29, 0.717) is 19.4 Å². The van der Waals surface area contributed by atoms with E-state index < -0.39 is 0 Å². The highest BCUT2D eigenvalue weighted by Gasteiger charge is 2.08. The van der Waals surface area contributed by atoms with Gasteiger partial charge in [0, 0.05) is 12.1 Å². The van der Waals surface area contributed by atoms with Crippen molar-refractivity contribution in [3.63, 3.8) is 0 Å². The van der Waals surface area contributed by atoms with Crippen LogP contribution in [0.15, 0.2) is 24.3 Å². The Balaban J connectivity index is 2.53. The molecule has 0 fully saturated rings. The summed E-state index contributed by atoms with van der Waals surface area (Å²) in [6.45, 7) is 0.358. The van der Waals surface area contributed by atoms with Crippen molar-refractivity contribution in [2.45, 2.75) is 24.9 Å².